The van der Waals surface area contributed by atoms with Crippen LogP contribution < -0.4 is 5.73 Å². The predicted octanol–water partition coefficient (Wildman–Crippen LogP) is 1.16. The van der Waals surface area contributed by atoms with E-state index >= 15 is 0 Å². The summed E-state index contributed by atoms with van der Waals surface area (Å²) in [6.45, 7) is 0.306. The van der Waals surface area contributed by atoms with Gasteiger partial charge in [0.05, 0.1) is 0 Å². The van der Waals surface area contributed by atoms with Gasteiger partial charge < -0.3 is 10.8 Å². The SMILES string of the molecule is Cl.NCC(O)c1cccs1. The molecule has 0 aliphatic rings. The van der Waals surface area contributed by atoms with Gasteiger partial charge in [0.25, 0.3) is 0 Å². The van der Waals surface area contributed by atoms with E-state index < -0.39 is 6.10 Å². The van der Waals surface area contributed by atoms with Crippen molar-refractivity contribution in [1.82, 2.24) is 0 Å². The fraction of sp³-hybridized carbons (Fsp3) is 0.333. The molecule has 0 aliphatic carbocycles. The Morgan fingerprint density at radius 3 is 2.80 bits per heavy atom. The van der Waals surface area contributed by atoms with Gasteiger partial charge >= 0.3 is 0 Å². The van der Waals surface area contributed by atoms with E-state index in [0.29, 0.717) is 6.54 Å². The molecule has 58 valence electrons. The number of hydrogen-bond donors (Lipinski definition) is 2. The minimum atomic E-state index is -0.468. The lowest BCUT2D eigenvalue weighted by Gasteiger charge is -2.01. The molecule has 1 rings (SSSR count). The molecule has 0 aromatic carbocycles. The largest absolute Gasteiger partial charge is 0.386 e. The maximum atomic E-state index is 9.10. The zero-order valence-electron chi connectivity index (χ0n) is 5.36. The third kappa shape index (κ3) is 2.27. The Morgan fingerprint density at radius 2 is 2.40 bits per heavy atom. The first kappa shape index (κ1) is 9.91. The highest BCUT2D eigenvalue weighted by Gasteiger charge is 2.03. The van der Waals surface area contributed by atoms with Crippen LogP contribution in [0.4, 0.5) is 0 Å². The quantitative estimate of drug-likeness (QED) is 0.716. The zero-order chi connectivity index (χ0) is 6.69. The molecule has 10 heavy (non-hydrogen) atoms. The van der Waals surface area contributed by atoms with Crippen LogP contribution in [0.2, 0.25) is 0 Å². The van der Waals surface area contributed by atoms with Gasteiger partial charge in [-0.2, -0.15) is 0 Å². The number of thiophene rings is 1. The maximum absolute atomic E-state index is 9.10. The van der Waals surface area contributed by atoms with Crippen molar-refractivity contribution in [2.75, 3.05) is 6.54 Å². The van der Waals surface area contributed by atoms with Crippen LogP contribution in [0, 0.1) is 0 Å². The molecule has 0 radical (unpaired) electrons. The molecule has 1 unspecified atom stereocenters. The average Bonchev–Trinajstić information content (AvgIpc) is 2.37. The van der Waals surface area contributed by atoms with Gasteiger partial charge in [-0.25, -0.2) is 0 Å². The van der Waals surface area contributed by atoms with Gasteiger partial charge in [-0.05, 0) is 11.4 Å². The highest BCUT2D eigenvalue weighted by Crippen LogP contribution is 2.16. The first-order valence-corrected chi connectivity index (χ1v) is 3.64. The second-order valence-electron chi connectivity index (χ2n) is 1.77. The Morgan fingerprint density at radius 1 is 1.70 bits per heavy atom. The molecule has 0 amide bonds. The number of aliphatic hydroxyl groups is 1. The fourth-order valence-corrected chi connectivity index (χ4v) is 1.32. The molecule has 1 atom stereocenters. The monoisotopic (exact) mass is 179 g/mol. The van der Waals surface area contributed by atoms with Crippen molar-refractivity contribution >= 4 is 23.7 Å². The molecule has 0 saturated heterocycles. The third-order valence-corrected chi connectivity index (χ3v) is 2.07. The number of hydrogen-bond acceptors (Lipinski definition) is 3. The van der Waals surface area contributed by atoms with Gasteiger partial charge in [-0.15, -0.1) is 23.7 Å². The summed E-state index contributed by atoms with van der Waals surface area (Å²) in [4.78, 5) is 0.942. The summed E-state index contributed by atoms with van der Waals surface area (Å²) in [6.07, 6.45) is -0.468. The summed E-state index contributed by atoms with van der Waals surface area (Å²) in [5, 5.41) is 11.0. The van der Waals surface area contributed by atoms with Crippen molar-refractivity contribution in [3.05, 3.63) is 22.4 Å². The lowest BCUT2D eigenvalue weighted by Crippen LogP contribution is -2.09. The Labute approximate surface area is 70.1 Å². The summed E-state index contributed by atoms with van der Waals surface area (Å²) in [6, 6.07) is 3.78. The van der Waals surface area contributed by atoms with Gasteiger partial charge in [0.15, 0.2) is 0 Å². The Balaban J connectivity index is 0.000000810. The van der Waals surface area contributed by atoms with E-state index in [1.807, 2.05) is 17.5 Å². The lowest BCUT2D eigenvalue weighted by atomic mass is 10.3. The van der Waals surface area contributed by atoms with E-state index in [9.17, 15) is 0 Å². The molecule has 1 aromatic heterocycles. The Kier molecular flexibility index (Phi) is 4.64. The summed E-state index contributed by atoms with van der Waals surface area (Å²) in [7, 11) is 0. The third-order valence-electron chi connectivity index (χ3n) is 1.09. The summed E-state index contributed by atoms with van der Waals surface area (Å²) in [5.74, 6) is 0. The summed E-state index contributed by atoms with van der Waals surface area (Å²) >= 11 is 1.53. The molecule has 1 aromatic rings. The van der Waals surface area contributed by atoms with Crippen molar-refractivity contribution in [2.45, 2.75) is 6.10 Å². The maximum Gasteiger partial charge on any atom is 0.100 e. The molecule has 3 N–H and O–H groups in total. The molecule has 0 aliphatic heterocycles. The van der Waals surface area contributed by atoms with Crippen LogP contribution in [0.15, 0.2) is 17.5 Å². The minimum Gasteiger partial charge on any atom is -0.386 e. The first-order valence-electron chi connectivity index (χ1n) is 2.76. The summed E-state index contributed by atoms with van der Waals surface area (Å²) in [5.41, 5.74) is 5.22. The van der Waals surface area contributed by atoms with Gasteiger partial charge in [-0.3, -0.25) is 0 Å². The molecule has 0 saturated carbocycles. The van der Waals surface area contributed by atoms with Crippen LogP contribution in [-0.2, 0) is 0 Å². The van der Waals surface area contributed by atoms with Crippen molar-refractivity contribution < 1.29 is 5.11 Å². The standard InChI is InChI=1S/C6H9NOS.ClH/c7-4-5(8)6-2-1-3-9-6;/h1-3,5,8H,4,7H2;1H. The molecule has 0 spiro atoms. The van der Waals surface area contributed by atoms with Crippen LogP contribution in [-0.4, -0.2) is 11.7 Å². The van der Waals surface area contributed by atoms with Crippen molar-refractivity contribution in [2.24, 2.45) is 5.73 Å². The first-order chi connectivity index (χ1) is 4.34. The highest BCUT2D eigenvalue weighted by atomic mass is 35.5. The Bertz CT molecular complexity index is 166. The van der Waals surface area contributed by atoms with E-state index in [1.165, 1.54) is 11.3 Å². The van der Waals surface area contributed by atoms with Crippen LogP contribution in [0.3, 0.4) is 0 Å². The zero-order valence-corrected chi connectivity index (χ0v) is 6.99. The van der Waals surface area contributed by atoms with Crippen LogP contribution in [0.5, 0.6) is 0 Å². The van der Waals surface area contributed by atoms with Crippen molar-refractivity contribution in [3.8, 4) is 0 Å². The van der Waals surface area contributed by atoms with Crippen molar-refractivity contribution in [1.29, 1.82) is 0 Å². The lowest BCUT2D eigenvalue weighted by molar-refractivity contribution is 0.190. The van der Waals surface area contributed by atoms with E-state index in [4.69, 9.17) is 10.8 Å². The second-order valence-corrected chi connectivity index (χ2v) is 2.75. The van der Waals surface area contributed by atoms with Gasteiger partial charge in [0.1, 0.15) is 6.10 Å². The van der Waals surface area contributed by atoms with E-state index in [2.05, 4.69) is 0 Å². The molecule has 0 bridgehead atoms. The predicted molar refractivity (Wildman–Crippen MR) is 45.6 cm³/mol. The van der Waals surface area contributed by atoms with E-state index in [-0.39, 0.29) is 12.4 Å². The minimum absolute atomic E-state index is 0. The second kappa shape index (κ2) is 4.68. The van der Waals surface area contributed by atoms with E-state index in [1.54, 1.807) is 0 Å². The van der Waals surface area contributed by atoms with Crippen LogP contribution in [0.1, 0.15) is 11.0 Å². The summed E-state index contributed by atoms with van der Waals surface area (Å²) < 4.78 is 0. The molecule has 4 heteroatoms. The van der Waals surface area contributed by atoms with Gasteiger partial charge in [0.2, 0.25) is 0 Å². The van der Waals surface area contributed by atoms with Gasteiger partial charge in [-0.1, -0.05) is 6.07 Å². The normalized spacial score (nSPS) is 12.2. The molecular formula is C6H10ClNOS. The van der Waals surface area contributed by atoms with Crippen LogP contribution in [0.25, 0.3) is 0 Å². The Hall–Kier alpha value is -0.0900. The van der Waals surface area contributed by atoms with E-state index in [0.717, 1.165) is 4.88 Å². The number of halogens is 1. The number of rotatable bonds is 2. The highest BCUT2D eigenvalue weighted by molar-refractivity contribution is 7.10. The molecular weight excluding hydrogens is 170 g/mol. The number of nitrogens with two attached hydrogens (primary N) is 1. The smallest absolute Gasteiger partial charge is 0.100 e. The average molecular weight is 180 g/mol. The molecule has 2 nitrogen and oxygen atoms in total. The van der Waals surface area contributed by atoms with Crippen molar-refractivity contribution in [3.63, 3.8) is 0 Å². The molecule has 1 heterocycles. The fourth-order valence-electron chi connectivity index (χ4n) is 0.597. The van der Waals surface area contributed by atoms with Gasteiger partial charge in [0, 0.05) is 11.4 Å². The number of aliphatic hydroxyl groups excluding tert-OH is 1. The molecule has 0 fully saturated rings. The van der Waals surface area contributed by atoms with Crippen LogP contribution >= 0.6 is 23.7 Å². The topological polar surface area (TPSA) is 46.2 Å².